The van der Waals surface area contributed by atoms with Crippen molar-refractivity contribution in [2.75, 3.05) is 6.61 Å². The normalized spacial score (nSPS) is 12.2. The molecule has 0 aromatic rings. The number of amides is 1. The van der Waals surface area contributed by atoms with Crippen LogP contribution in [-0.4, -0.2) is 35.1 Å². The van der Waals surface area contributed by atoms with Crippen LogP contribution in [0, 0.1) is 0 Å². The molecule has 7 heteroatoms. The number of oxime groups is 1. The van der Waals surface area contributed by atoms with E-state index < -0.39 is 5.97 Å². The lowest BCUT2D eigenvalue weighted by molar-refractivity contribution is -0.135. The lowest BCUT2D eigenvalue weighted by Gasteiger charge is -2.04. The molecule has 0 spiro atoms. The average molecular weight is 271 g/mol. The van der Waals surface area contributed by atoms with E-state index in [1.807, 2.05) is 6.92 Å². The number of hydrogen-bond acceptors (Lipinski definition) is 6. The summed E-state index contributed by atoms with van der Waals surface area (Å²) in [5.41, 5.74) is 2.07. The van der Waals surface area contributed by atoms with Gasteiger partial charge in [0, 0.05) is 6.42 Å². The van der Waals surface area contributed by atoms with E-state index in [0.29, 0.717) is 6.42 Å². The minimum atomic E-state index is -0.786. The van der Waals surface area contributed by atoms with Gasteiger partial charge in [-0.25, -0.2) is 10.2 Å². The molecule has 7 nitrogen and oxygen atoms in total. The second-order valence-corrected chi connectivity index (χ2v) is 3.86. The van der Waals surface area contributed by atoms with Gasteiger partial charge in [0.25, 0.3) is 0 Å². The Morgan fingerprint density at radius 3 is 2.47 bits per heavy atom. The van der Waals surface area contributed by atoms with Gasteiger partial charge in [0.2, 0.25) is 11.6 Å². The van der Waals surface area contributed by atoms with Gasteiger partial charge in [-0.2, -0.15) is 5.10 Å². The fourth-order valence-electron chi connectivity index (χ4n) is 1.25. The van der Waals surface area contributed by atoms with Gasteiger partial charge >= 0.3 is 5.97 Å². The van der Waals surface area contributed by atoms with Gasteiger partial charge in [-0.1, -0.05) is 24.9 Å². The van der Waals surface area contributed by atoms with Gasteiger partial charge in [0.1, 0.15) is 0 Å². The molecule has 0 rings (SSSR count). The van der Waals surface area contributed by atoms with Crippen molar-refractivity contribution in [3.63, 3.8) is 0 Å². The first kappa shape index (κ1) is 17.1. The number of esters is 1. The second kappa shape index (κ2) is 10.0. The molecule has 0 radical (unpaired) electrons. The van der Waals surface area contributed by atoms with E-state index in [2.05, 4.69) is 20.4 Å². The Labute approximate surface area is 112 Å². The summed E-state index contributed by atoms with van der Waals surface area (Å²) >= 11 is 0. The van der Waals surface area contributed by atoms with Crippen LogP contribution in [0.4, 0.5) is 0 Å². The summed E-state index contributed by atoms with van der Waals surface area (Å²) in [5.74, 6) is -1.03. The van der Waals surface area contributed by atoms with Crippen molar-refractivity contribution >= 4 is 23.3 Å². The summed E-state index contributed by atoms with van der Waals surface area (Å²) < 4.78 is 4.68. The zero-order valence-electron chi connectivity index (χ0n) is 11.6. The zero-order valence-corrected chi connectivity index (χ0v) is 11.6. The largest absolute Gasteiger partial charge is 0.461 e. The first-order chi connectivity index (χ1) is 9.06. The first-order valence-corrected chi connectivity index (χ1v) is 6.29. The molecule has 0 saturated heterocycles. The van der Waals surface area contributed by atoms with Crippen LogP contribution in [-0.2, 0) is 14.3 Å². The Morgan fingerprint density at radius 2 is 1.95 bits per heavy atom. The molecule has 1 amide bonds. The smallest absolute Gasteiger partial charge is 0.362 e. The van der Waals surface area contributed by atoms with E-state index in [1.54, 1.807) is 6.92 Å². The van der Waals surface area contributed by atoms with Crippen LogP contribution in [0.25, 0.3) is 0 Å². The highest BCUT2D eigenvalue weighted by atomic mass is 16.5. The van der Waals surface area contributed by atoms with Gasteiger partial charge in [-0.15, -0.1) is 0 Å². The molecule has 0 heterocycles. The number of nitrogens with zero attached hydrogens (tertiary/aromatic N) is 2. The summed E-state index contributed by atoms with van der Waals surface area (Å²) in [6, 6.07) is 0. The Bertz CT molecular complexity index is 364. The number of rotatable bonds is 8. The van der Waals surface area contributed by atoms with Crippen LogP contribution < -0.4 is 5.43 Å². The van der Waals surface area contributed by atoms with Crippen molar-refractivity contribution in [3.05, 3.63) is 0 Å². The Morgan fingerprint density at radius 1 is 1.26 bits per heavy atom. The van der Waals surface area contributed by atoms with Gasteiger partial charge in [0.05, 0.1) is 12.3 Å². The molecule has 0 aliphatic rings. The molecule has 2 N–H and O–H groups in total. The van der Waals surface area contributed by atoms with E-state index in [0.717, 1.165) is 19.3 Å². The van der Waals surface area contributed by atoms with Crippen LogP contribution in [0.3, 0.4) is 0 Å². The molecular weight excluding hydrogens is 250 g/mol. The summed E-state index contributed by atoms with van der Waals surface area (Å²) in [6.45, 7) is 5.28. The van der Waals surface area contributed by atoms with Crippen molar-refractivity contribution in [3.8, 4) is 0 Å². The van der Waals surface area contributed by atoms with E-state index in [-0.39, 0.29) is 23.9 Å². The maximum atomic E-state index is 11.4. The lowest BCUT2D eigenvalue weighted by atomic mass is 10.2. The molecular formula is C12H21N3O4. The number of ether oxygens (including phenoxy) is 1. The standard InChI is InChI=1S/C12H21N3O4/c1-4-6-7-8-10(16)14-13-9(3)11(15-18)12(17)19-5-2/h18H,4-8H2,1-3H3,(H,14,16)/b13-9+,15-11-. The molecule has 0 aliphatic heterocycles. The first-order valence-electron chi connectivity index (χ1n) is 6.29. The summed E-state index contributed by atoms with van der Waals surface area (Å²) in [6.07, 6.45) is 3.16. The van der Waals surface area contributed by atoms with Crippen LogP contribution in [0.2, 0.25) is 0 Å². The molecule has 0 aliphatic carbocycles. The highest BCUT2D eigenvalue weighted by Crippen LogP contribution is 1.98. The maximum Gasteiger partial charge on any atom is 0.362 e. The third kappa shape index (κ3) is 7.17. The van der Waals surface area contributed by atoms with E-state index in [1.165, 1.54) is 6.92 Å². The molecule has 19 heavy (non-hydrogen) atoms. The fraction of sp³-hybridized carbons (Fsp3) is 0.667. The SMILES string of the molecule is CCCCCC(=O)N/N=C(C)/C(=N/O)C(=O)OCC. The van der Waals surface area contributed by atoms with Crippen molar-refractivity contribution in [2.45, 2.75) is 46.5 Å². The topological polar surface area (TPSA) is 100 Å². The molecule has 0 fully saturated rings. The summed E-state index contributed by atoms with van der Waals surface area (Å²) in [5, 5.41) is 15.2. The average Bonchev–Trinajstić information content (AvgIpc) is 2.38. The van der Waals surface area contributed by atoms with E-state index in [9.17, 15) is 9.59 Å². The highest BCUT2D eigenvalue weighted by molar-refractivity contribution is 6.65. The van der Waals surface area contributed by atoms with Crippen LogP contribution in [0.1, 0.15) is 46.5 Å². The number of nitrogens with one attached hydrogen (secondary N) is 1. The molecule has 0 saturated carbocycles. The Kier molecular flexibility index (Phi) is 9.03. The summed E-state index contributed by atoms with van der Waals surface area (Å²) in [4.78, 5) is 22.8. The number of carbonyl (C=O) groups is 2. The molecule has 0 unspecified atom stereocenters. The maximum absolute atomic E-state index is 11.4. The Balaban J connectivity index is 4.37. The van der Waals surface area contributed by atoms with Gasteiger partial charge < -0.3 is 9.94 Å². The van der Waals surface area contributed by atoms with E-state index >= 15 is 0 Å². The third-order valence-electron chi connectivity index (χ3n) is 2.27. The van der Waals surface area contributed by atoms with E-state index in [4.69, 9.17) is 5.21 Å². The quantitative estimate of drug-likeness (QED) is 0.229. The van der Waals surface area contributed by atoms with Crippen molar-refractivity contribution in [2.24, 2.45) is 10.3 Å². The van der Waals surface area contributed by atoms with Gasteiger partial charge in [-0.3, -0.25) is 4.79 Å². The number of carbonyl (C=O) groups excluding carboxylic acids is 2. The minimum absolute atomic E-state index is 0.0878. The predicted octanol–water partition coefficient (Wildman–Crippen LogP) is 1.45. The minimum Gasteiger partial charge on any atom is -0.461 e. The lowest BCUT2D eigenvalue weighted by Crippen LogP contribution is -2.28. The summed E-state index contributed by atoms with van der Waals surface area (Å²) in [7, 11) is 0. The fourth-order valence-corrected chi connectivity index (χ4v) is 1.25. The monoisotopic (exact) mass is 271 g/mol. The predicted molar refractivity (Wildman–Crippen MR) is 71.2 cm³/mol. The Hall–Kier alpha value is -1.92. The molecule has 0 bridgehead atoms. The van der Waals surface area contributed by atoms with Crippen molar-refractivity contribution in [1.29, 1.82) is 0 Å². The molecule has 0 atom stereocenters. The van der Waals surface area contributed by atoms with Crippen LogP contribution in [0.5, 0.6) is 0 Å². The second-order valence-electron chi connectivity index (χ2n) is 3.86. The third-order valence-corrected chi connectivity index (χ3v) is 2.27. The van der Waals surface area contributed by atoms with Gasteiger partial charge in [-0.05, 0) is 20.3 Å². The number of hydrogen-bond donors (Lipinski definition) is 2. The molecule has 0 aromatic heterocycles. The number of hydrazone groups is 1. The molecule has 108 valence electrons. The van der Waals surface area contributed by atoms with Crippen molar-refractivity contribution in [1.82, 2.24) is 5.43 Å². The van der Waals surface area contributed by atoms with Crippen molar-refractivity contribution < 1.29 is 19.5 Å². The van der Waals surface area contributed by atoms with Crippen LogP contribution >= 0.6 is 0 Å². The highest BCUT2D eigenvalue weighted by Gasteiger charge is 2.17. The molecule has 0 aromatic carbocycles. The van der Waals surface area contributed by atoms with Crippen LogP contribution in [0.15, 0.2) is 10.3 Å². The number of unbranched alkanes of at least 4 members (excludes halogenated alkanes) is 2. The zero-order chi connectivity index (χ0) is 14.7. The van der Waals surface area contributed by atoms with Gasteiger partial charge in [0.15, 0.2) is 0 Å².